The van der Waals surface area contributed by atoms with Crippen molar-refractivity contribution in [1.29, 1.82) is 0 Å². The third-order valence-corrected chi connectivity index (χ3v) is 3.89. The molecule has 0 aromatic rings. The lowest BCUT2D eigenvalue weighted by Crippen LogP contribution is -2.42. The summed E-state index contributed by atoms with van der Waals surface area (Å²) in [4.78, 5) is 11.5. The van der Waals surface area contributed by atoms with Gasteiger partial charge in [0.25, 0.3) is 0 Å². The average Bonchev–Trinajstić information content (AvgIpc) is 2.57. The smallest absolute Gasteiger partial charge is 0.314 e. The van der Waals surface area contributed by atoms with Gasteiger partial charge in [0, 0.05) is 6.42 Å². The molecule has 0 saturated heterocycles. The van der Waals surface area contributed by atoms with Crippen LogP contribution >= 0.6 is 0 Å². The molecule has 0 saturated carbocycles. The van der Waals surface area contributed by atoms with Crippen LogP contribution in [0.25, 0.3) is 0 Å². The van der Waals surface area contributed by atoms with Crippen molar-refractivity contribution in [1.82, 2.24) is 0 Å². The molecule has 0 amide bonds. The van der Waals surface area contributed by atoms with E-state index < -0.39 is 18.0 Å². The molecule has 0 aliphatic carbocycles. The first-order valence-electron chi connectivity index (χ1n) is 9.69. The second-order valence-corrected chi connectivity index (χ2v) is 6.42. The highest BCUT2D eigenvalue weighted by Crippen LogP contribution is 2.11. The van der Waals surface area contributed by atoms with Crippen molar-refractivity contribution < 1.29 is 24.9 Å². The summed E-state index contributed by atoms with van der Waals surface area (Å²) < 4.78 is 4.73. The number of carbonyl (C=O) groups excluding carboxylic acids is 1. The molecular weight excluding hydrogens is 332 g/mol. The van der Waals surface area contributed by atoms with Gasteiger partial charge in [-0.05, 0) is 45.4 Å². The Labute approximate surface area is 158 Å². The van der Waals surface area contributed by atoms with Crippen molar-refractivity contribution in [2.24, 2.45) is 0 Å². The Morgan fingerprint density at radius 1 is 0.885 bits per heavy atom. The number of hydrogen-bond donors (Lipinski definition) is 3. The normalized spacial score (nSPS) is 13.9. The molecule has 0 spiro atoms. The summed E-state index contributed by atoms with van der Waals surface area (Å²) in [5, 5.41) is 26.6. The van der Waals surface area contributed by atoms with Crippen LogP contribution in [-0.2, 0) is 9.53 Å². The lowest BCUT2D eigenvalue weighted by molar-refractivity contribution is -0.352. The summed E-state index contributed by atoms with van der Waals surface area (Å²) >= 11 is 0. The Balaban J connectivity index is 3.47. The number of aliphatic hydroxyl groups is 3. The summed E-state index contributed by atoms with van der Waals surface area (Å²) in [6.45, 7) is 3.36. The van der Waals surface area contributed by atoms with Crippen LogP contribution < -0.4 is 0 Å². The fourth-order valence-electron chi connectivity index (χ4n) is 2.22. The van der Waals surface area contributed by atoms with Gasteiger partial charge in [-0.3, -0.25) is 4.79 Å². The first-order valence-corrected chi connectivity index (χ1v) is 9.69. The summed E-state index contributed by atoms with van der Waals surface area (Å²) in [7, 11) is 0. The Morgan fingerprint density at radius 3 is 2.04 bits per heavy atom. The van der Waals surface area contributed by atoms with Gasteiger partial charge in [-0.1, -0.05) is 62.6 Å². The number of hydrogen-bond acceptors (Lipinski definition) is 5. The molecule has 150 valence electrons. The average molecular weight is 369 g/mol. The van der Waals surface area contributed by atoms with E-state index in [9.17, 15) is 4.79 Å². The highest BCUT2D eigenvalue weighted by Gasteiger charge is 2.31. The molecule has 0 aromatic heterocycles. The molecule has 0 radical (unpaired) electrons. The zero-order valence-electron chi connectivity index (χ0n) is 16.3. The Kier molecular flexibility index (Phi) is 14.9. The van der Waals surface area contributed by atoms with Crippen LogP contribution in [0.15, 0.2) is 36.5 Å². The Bertz CT molecular complexity index is 432. The predicted octanol–water partition coefficient (Wildman–Crippen LogP) is 4.14. The maximum Gasteiger partial charge on any atom is 0.314 e. The number of rotatable bonds is 15. The third kappa shape index (κ3) is 16.1. The van der Waals surface area contributed by atoms with E-state index in [4.69, 9.17) is 20.1 Å². The van der Waals surface area contributed by atoms with Crippen molar-refractivity contribution in [3.05, 3.63) is 36.5 Å². The van der Waals surface area contributed by atoms with Gasteiger partial charge in [0.05, 0.1) is 0 Å². The van der Waals surface area contributed by atoms with Gasteiger partial charge in [-0.2, -0.15) is 0 Å². The number of allylic oxidation sites excluding steroid dienone is 6. The van der Waals surface area contributed by atoms with Gasteiger partial charge < -0.3 is 20.1 Å². The van der Waals surface area contributed by atoms with Crippen LogP contribution in [0, 0.1) is 0 Å². The standard InChI is InChI=1S/C21H36O5/c1-3-4-5-6-7-8-9-10-11-12-13-14-15-16-17-18-20(22)26-19(2)21(23,24)25/h4-5,7-8,10-11,19,23-25H,3,6,9,12-18H2,1-2H3/b5-4-,8-7-,11-10-. The van der Waals surface area contributed by atoms with Gasteiger partial charge in [0.15, 0.2) is 6.10 Å². The number of unbranched alkanes of at least 4 members (excludes halogenated alkanes) is 5. The van der Waals surface area contributed by atoms with Crippen molar-refractivity contribution in [2.75, 3.05) is 0 Å². The van der Waals surface area contributed by atoms with E-state index in [-0.39, 0.29) is 6.42 Å². The SMILES string of the molecule is CC/C=C\C/C=C\C/C=C\CCCCCCCC(=O)OC(C)C(O)(O)O. The molecule has 5 nitrogen and oxygen atoms in total. The summed E-state index contributed by atoms with van der Waals surface area (Å²) in [5.74, 6) is -3.51. The molecule has 0 aromatic carbocycles. The van der Waals surface area contributed by atoms with Crippen LogP contribution in [0.1, 0.15) is 78.1 Å². The number of carbonyl (C=O) groups is 1. The highest BCUT2D eigenvalue weighted by atomic mass is 16.7. The Hall–Kier alpha value is -1.43. The largest absolute Gasteiger partial charge is 0.454 e. The van der Waals surface area contributed by atoms with Crippen molar-refractivity contribution in [2.45, 2.75) is 90.1 Å². The minimum absolute atomic E-state index is 0.222. The maximum absolute atomic E-state index is 11.5. The van der Waals surface area contributed by atoms with E-state index in [0.717, 1.165) is 51.4 Å². The molecule has 0 bridgehead atoms. The topological polar surface area (TPSA) is 87.0 Å². The lowest BCUT2D eigenvalue weighted by Gasteiger charge is -2.22. The number of esters is 1. The molecule has 0 fully saturated rings. The molecule has 26 heavy (non-hydrogen) atoms. The zero-order valence-corrected chi connectivity index (χ0v) is 16.3. The van der Waals surface area contributed by atoms with Gasteiger partial charge in [0.1, 0.15) is 0 Å². The quantitative estimate of drug-likeness (QED) is 0.175. The van der Waals surface area contributed by atoms with E-state index in [0.29, 0.717) is 6.42 Å². The van der Waals surface area contributed by atoms with Crippen LogP contribution in [-0.4, -0.2) is 33.4 Å². The second kappa shape index (κ2) is 15.8. The highest BCUT2D eigenvalue weighted by molar-refractivity contribution is 5.69. The van der Waals surface area contributed by atoms with E-state index in [1.54, 1.807) is 0 Å². The van der Waals surface area contributed by atoms with Crippen molar-refractivity contribution in [3.8, 4) is 0 Å². The van der Waals surface area contributed by atoms with Crippen LogP contribution in [0.3, 0.4) is 0 Å². The molecular formula is C21H36O5. The summed E-state index contributed by atoms with van der Waals surface area (Å²) in [5.41, 5.74) is 0. The molecule has 0 aliphatic rings. The number of ether oxygens (including phenoxy) is 1. The molecule has 0 aliphatic heterocycles. The fourth-order valence-corrected chi connectivity index (χ4v) is 2.22. The van der Waals surface area contributed by atoms with E-state index in [2.05, 4.69) is 43.4 Å². The van der Waals surface area contributed by atoms with Crippen molar-refractivity contribution in [3.63, 3.8) is 0 Å². The monoisotopic (exact) mass is 368 g/mol. The maximum atomic E-state index is 11.5. The predicted molar refractivity (Wildman–Crippen MR) is 104 cm³/mol. The first kappa shape index (κ1) is 24.6. The minimum atomic E-state index is -2.98. The van der Waals surface area contributed by atoms with Gasteiger partial charge in [0.2, 0.25) is 0 Å². The lowest BCUT2D eigenvalue weighted by atomic mass is 10.1. The van der Waals surface area contributed by atoms with Gasteiger partial charge in [-0.25, -0.2) is 0 Å². The molecule has 1 atom stereocenters. The Morgan fingerprint density at radius 2 is 1.42 bits per heavy atom. The molecule has 3 N–H and O–H groups in total. The fraction of sp³-hybridized carbons (Fsp3) is 0.667. The molecule has 0 rings (SSSR count). The summed E-state index contributed by atoms with van der Waals surface area (Å²) in [6.07, 6.45) is 21.1. The van der Waals surface area contributed by atoms with Crippen LogP contribution in [0.4, 0.5) is 0 Å². The first-order chi connectivity index (χ1) is 12.4. The van der Waals surface area contributed by atoms with Crippen LogP contribution in [0.2, 0.25) is 0 Å². The van der Waals surface area contributed by atoms with Crippen LogP contribution in [0.5, 0.6) is 0 Å². The van der Waals surface area contributed by atoms with Gasteiger partial charge >= 0.3 is 11.9 Å². The van der Waals surface area contributed by atoms with Gasteiger partial charge in [-0.15, -0.1) is 0 Å². The minimum Gasteiger partial charge on any atom is -0.454 e. The molecule has 5 heteroatoms. The second-order valence-electron chi connectivity index (χ2n) is 6.42. The molecule has 1 unspecified atom stereocenters. The van der Waals surface area contributed by atoms with Crippen molar-refractivity contribution >= 4 is 5.97 Å². The van der Waals surface area contributed by atoms with E-state index in [1.165, 1.54) is 6.92 Å². The summed E-state index contributed by atoms with van der Waals surface area (Å²) in [6, 6.07) is 0. The molecule has 0 heterocycles. The third-order valence-electron chi connectivity index (χ3n) is 3.89. The van der Waals surface area contributed by atoms with E-state index >= 15 is 0 Å². The zero-order chi connectivity index (χ0) is 19.7. The van der Waals surface area contributed by atoms with E-state index in [1.807, 2.05) is 0 Å².